The van der Waals surface area contributed by atoms with E-state index < -0.39 is 0 Å². The maximum Gasteiger partial charge on any atom is 0.248 e. The van der Waals surface area contributed by atoms with Crippen LogP contribution in [0.1, 0.15) is 5.69 Å². The third-order valence-corrected chi connectivity index (χ3v) is 3.84. The molecule has 0 amide bonds. The van der Waals surface area contributed by atoms with E-state index in [1.54, 1.807) is 42.7 Å². The number of nitrogens with one attached hydrogen (secondary N) is 2. The lowest BCUT2D eigenvalue weighted by atomic mass is 10.2. The van der Waals surface area contributed by atoms with Crippen molar-refractivity contribution in [2.45, 2.75) is 0 Å². The Morgan fingerprint density at radius 3 is 2.04 bits per heavy atom. The Morgan fingerprint density at radius 2 is 1.44 bits per heavy atom. The molecular formula is C18H13BrN4O2. The summed E-state index contributed by atoms with van der Waals surface area (Å²) >= 11 is 3.22. The second-order valence-corrected chi connectivity index (χ2v) is 5.95. The number of aromatic nitrogens is 4. The third kappa shape index (κ3) is 4.07. The largest absolute Gasteiger partial charge is 0.322 e. The lowest BCUT2D eigenvalue weighted by Gasteiger charge is -1.97. The van der Waals surface area contributed by atoms with Crippen LogP contribution in [-0.2, 0) is 0 Å². The van der Waals surface area contributed by atoms with E-state index in [0.29, 0.717) is 0 Å². The van der Waals surface area contributed by atoms with Crippen LogP contribution in [0.2, 0.25) is 0 Å². The van der Waals surface area contributed by atoms with Gasteiger partial charge in [0.1, 0.15) is 4.60 Å². The molecule has 0 saturated carbocycles. The van der Waals surface area contributed by atoms with Gasteiger partial charge in [-0.15, -0.1) is 0 Å². The number of aromatic amines is 2. The summed E-state index contributed by atoms with van der Waals surface area (Å²) in [4.78, 5) is 35.5. The molecule has 0 aliphatic rings. The molecule has 0 atom stereocenters. The highest BCUT2D eigenvalue weighted by atomic mass is 79.9. The minimum absolute atomic E-state index is 0.0967. The van der Waals surface area contributed by atoms with Crippen LogP contribution in [-0.4, -0.2) is 19.9 Å². The van der Waals surface area contributed by atoms with E-state index in [-0.39, 0.29) is 11.1 Å². The van der Waals surface area contributed by atoms with E-state index >= 15 is 0 Å². The third-order valence-electron chi connectivity index (χ3n) is 3.41. The van der Waals surface area contributed by atoms with Gasteiger partial charge in [-0.05, 0) is 46.3 Å². The molecule has 0 aromatic carbocycles. The molecule has 7 heteroatoms. The monoisotopic (exact) mass is 396 g/mol. The van der Waals surface area contributed by atoms with Gasteiger partial charge in [0, 0.05) is 35.3 Å². The van der Waals surface area contributed by atoms with Crippen molar-refractivity contribution in [1.82, 2.24) is 19.9 Å². The van der Waals surface area contributed by atoms with Gasteiger partial charge in [-0.3, -0.25) is 14.6 Å². The highest BCUT2D eigenvalue weighted by Gasteiger charge is 1.95. The fourth-order valence-electron chi connectivity index (χ4n) is 2.20. The first-order chi connectivity index (χ1) is 12.0. The Morgan fingerprint density at radius 1 is 0.880 bits per heavy atom. The molecule has 0 bridgehead atoms. The van der Waals surface area contributed by atoms with Crippen LogP contribution in [0.15, 0.2) is 69.6 Å². The van der Waals surface area contributed by atoms with Gasteiger partial charge in [0.2, 0.25) is 11.1 Å². The average molecular weight is 397 g/mol. The molecule has 2 N–H and O–H groups in total. The molecule has 0 aliphatic carbocycles. The number of rotatable bonds is 1. The van der Waals surface area contributed by atoms with Crippen molar-refractivity contribution in [2.24, 2.45) is 0 Å². The lowest BCUT2D eigenvalue weighted by Crippen LogP contribution is -2.02. The molecule has 0 fully saturated rings. The minimum atomic E-state index is -0.103. The van der Waals surface area contributed by atoms with E-state index in [2.05, 4.69) is 42.4 Å². The highest BCUT2D eigenvalue weighted by Crippen LogP contribution is 2.12. The SMILES string of the molecule is C=Cc1cc2[nH]c(=O)ccc2cn1.O=c1ccc2cnc(Br)cc2[nH]1. The smallest absolute Gasteiger partial charge is 0.248 e. The summed E-state index contributed by atoms with van der Waals surface area (Å²) in [6, 6.07) is 10.0. The molecule has 0 spiro atoms. The Bertz CT molecular complexity index is 1180. The number of hydrogen-bond acceptors (Lipinski definition) is 4. The van der Waals surface area contributed by atoms with Crippen LogP contribution in [0, 0.1) is 0 Å². The zero-order valence-corrected chi connectivity index (χ0v) is 14.6. The second-order valence-electron chi connectivity index (χ2n) is 5.14. The van der Waals surface area contributed by atoms with Crippen LogP contribution in [0.4, 0.5) is 0 Å². The van der Waals surface area contributed by atoms with Gasteiger partial charge in [0.25, 0.3) is 0 Å². The number of pyridine rings is 4. The quantitative estimate of drug-likeness (QED) is 0.483. The van der Waals surface area contributed by atoms with E-state index in [1.165, 1.54) is 12.1 Å². The van der Waals surface area contributed by atoms with Gasteiger partial charge >= 0.3 is 0 Å². The molecule has 124 valence electrons. The Kier molecular flexibility index (Phi) is 4.85. The summed E-state index contributed by atoms with van der Waals surface area (Å²) in [5.41, 5.74) is 2.14. The predicted octanol–water partition coefficient (Wildman–Crippen LogP) is 3.25. The summed E-state index contributed by atoms with van der Waals surface area (Å²) in [5, 5.41) is 1.85. The van der Waals surface area contributed by atoms with Crippen molar-refractivity contribution < 1.29 is 0 Å². The number of fused-ring (bicyclic) bond motifs is 2. The van der Waals surface area contributed by atoms with E-state index in [9.17, 15) is 9.59 Å². The number of H-pyrrole nitrogens is 2. The summed E-state index contributed by atoms with van der Waals surface area (Å²) in [6.07, 6.45) is 5.06. The van der Waals surface area contributed by atoms with Crippen LogP contribution < -0.4 is 11.1 Å². The van der Waals surface area contributed by atoms with Crippen LogP contribution in [0.25, 0.3) is 27.9 Å². The lowest BCUT2D eigenvalue weighted by molar-refractivity contribution is 1.25. The minimum Gasteiger partial charge on any atom is -0.322 e. The molecule has 4 aromatic heterocycles. The van der Waals surface area contributed by atoms with Crippen molar-refractivity contribution in [3.63, 3.8) is 0 Å². The van der Waals surface area contributed by atoms with Gasteiger partial charge < -0.3 is 9.97 Å². The van der Waals surface area contributed by atoms with Crippen molar-refractivity contribution in [1.29, 1.82) is 0 Å². The number of halogens is 1. The Balaban J connectivity index is 0.000000146. The zero-order chi connectivity index (χ0) is 17.8. The average Bonchev–Trinajstić information content (AvgIpc) is 2.61. The van der Waals surface area contributed by atoms with E-state index in [4.69, 9.17) is 0 Å². The van der Waals surface area contributed by atoms with Crippen molar-refractivity contribution in [3.05, 3.63) is 86.4 Å². The number of hydrogen-bond donors (Lipinski definition) is 2. The second kappa shape index (κ2) is 7.23. The number of nitrogens with zero attached hydrogens (tertiary/aromatic N) is 2. The Labute approximate surface area is 150 Å². The predicted molar refractivity (Wildman–Crippen MR) is 103 cm³/mol. The van der Waals surface area contributed by atoms with Gasteiger partial charge in [-0.25, -0.2) is 4.98 Å². The molecular weight excluding hydrogens is 384 g/mol. The first-order valence-corrected chi connectivity index (χ1v) is 8.10. The first-order valence-electron chi connectivity index (χ1n) is 7.31. The molecule has 6 nitrogen and oxygen atoms in total. The molecule has 0 aliphatic heterocycles. The van der Waals surface area contributed by atoms with Crippen molar-refractivity contribution in [3.8, 4) is 0 Å². The fourth-order valence-corrected chi connectivity index (χ4v) is 2.53. The highest BCUT2D eigenvalue weighted by molar-refractivity contribution is 9.10. The first kappa shape index (κ1) is 16.8. The Hall–Kier alpha value is -3.06. The van der Waals surface area contributed by atoms with Crippen molar-refractivity contribution in [2.75, 3.05) is 0 Å². The standard InChI is InChI=1S/C10H8N2O.C8H5BrN2O/c1-2-8-5-9-7(6-11-8)3-4-10(13)12-9;9-7-3-6-5(4-10-7)1-2-8(12)11-6/h2-6H,1H2,(H,12,13);1-4H,(H,11,12). The molecule has 4 aromatic rings. The molecule has 4 rings (SSSR count). The topological polar surface area (TPSA) is 91.5 Å². The van der Waals surface area contributed by atoms with Crippen LogP contribution in [0.5, 0.6) is 0 Å². The summed E-state index contributed by atoms with van der Waals surface area (Å²) in [7, 11) is 0. The molecule has 0 radical (unpaired) electrons. The van der Waals surface area contributed by atoms with Gasteiger partial charge in [-0.2, -0.15) is 0 Å². The summed E-state index contributed by atoms with van der Waals surface area (Å²) < 4.78 is 0.719. The molecule has 0 unspecified atom stereocenters. The summed E-state index contributed by atoms with van der Waals surface area (Å²) in [5.74, 6) is 0. The van der Waals surface area contributed by atoms with E-state index in [0.717, 1.165) is 32.1 Å². The maximum absolute atomic E-state index is 11.0. The van der Waals surface area contributed by atoms with Crippen LogP contribution >= 0.6 is 15.9 Å². The zero-order valence-electron chi connectivity index (χ0n) is 13.0. The summed E-state index contributed by atoms with van der Waals surface area (Å²) in [6.45, 7) is 3.61. The fraction of sp³-hybridized carbons (Fsp3) is 0. The van der Waals surface area contributed by atoms with Crippen molar-refractivity contribution >= 4 is 43.8 Å². The van der Waals surface area contributed by atoms with Crippen LogP contribution in [0.3, 0.4) is 0 Å². The maximum atomic E-state index is 11.0. The normalized spacial score (nSPS) is 10.3. The van der Waals surface area contributed by atoms with Gasteiger partial charge in [-0.1, -0.05) is 6.58 Å². The van der Waals surface area contributed by atoms with Gasteiger partial charge in [0.05, 0.1) is 16.7 Å². The van der Waals surface area contributed by atoms with Gasteiger partial charge in [0.15, 0.2) is 0 Å². The molecule has 0 saturated heterocycles. The van der Waals surface area contributed by atoms with E-state index in [1.807, 2.05) is 0 Å². The molecule has 25 heavy (non-hydrogen) atoms. The molecule has 4 heterocycles.